The summed E-state index contributed by atoms with van der Waals surface area (Å²) in [5.74, 6) is -0.333. The van der Waals surface area contributed by atoms with E-state index in [2.05, 4.69) is 0 Å². The maximum Gasteiger partial charge on any atom is 0.419 e. The van der Waals surface area contributed by atoms with Crippen LogP contribution in [0, 0.1) is 6.92 Å². The third-order valence-corrected chi connectivity index (χ3v) is 2.73. The van der Waals surface area contributed by atoms with Crippen molar-refractivity contribution in [1.29, 1.82) is 0 Å². The summed E-state index contributed by atoms with van der Waals surface area (Å²) in [6, 6.07) is 5.66. The molecule has 17 heavy (non-hydrogen) atoms. The van der Waals surface area contributed by atoms with Crippen LogP contribution in [0.2, 0.25) is 0 Å². The fraction of sp³-hybridized carbons (Fsp3) is 0.385. The lowest BCUT2D eigenvalue weighted by molar-refractivity contribution is 0.491. The Balaban J connectivity index is 2.26. The van der Waals surface area contributed by atoms with Gasteiger partial charge in [-0.3, -0.25) is 9.36 Å². The fourth-order valence-corrected chi connectivity index (χ4v) is 1.85. The first-order chi connectivity index (χ1) is 8.22. The van der Waals surface area contributed by atoms with Crippen LogP contribution >= 0.6 is 0 Å². The number of carbonyl (C=O) groups excluding carboxylic acids is 1. The second-order valence-corrected chi connectivity index (χ2v) is 4.09. The molecule has 0 fully saturated rings. The highest BCUT2D eigenvalue weighted by Crippen LogP contribution is 2.15. The molecule has 0 aliphatic rings. The highest BCUT2D eigenvalue weighted by molar-refractivity contribution is 5.73. The van der Waals surface area contributed by atoms with E-state index in [-0.39, 0.29) is 5.76 Å². The summed E-state index contributed by atoms with van der Waals surface area (Å²) in [5.41, 5.74) is 2.53. The van der Waals surface area contributed by atoms with Gasteiger partial charge in [0, 0.05) is 13.0 Å². The number of fused-ring (bicyclic) bond motifs is 1. The molecule has 0 aliphatic heterocycles. The molecule has 0 saturated carbocycles. The van der Waals surface area contributed by atoms with E-state index in [4.69, 9.17) is 4.42 Å². The molecule has 4 heteroatoms. The zero-order chi connectivity index (χ0) is 12.3. The minimum atomic E-state index is -0.333. The molecule has 0 N–H and O–H groups in total. The number of benzene rings is 1. The Hall–Kier alpha value is -1.84. The number of oxazole rings is 1. The number of aryl methyl sites for hydroxylation is 2. The van der Waals surface area contributed by atoms with Gasteiger partial charge in [-0.15, -0.1) is 0 Å². The van der Waals surface area contributed by atoms with Crippen molar-refractivity contribution in [3.63, 3.8) is 0 Å². The maximum absolute atomic E-state index is 11.6. The molecule has 4 nitrogen and oxygen atoms in total. The van der Waals surface area contributed by atoms with Crippen molar-refractivity contribution in [2.24, 2.45) is 0 Å². The predicted molar refractivity (Wildman–Crippen MR) is 64.8 cm³/mol. The van der Waals surface area contributed by atoms with E-state index >= 15 is 0 Å². The number of hydrogen-bond acceptors (Lipinski definition) is 3. The molecule has 0 atom stereocenters. The molecule has 89 valence electrons. The molecule has 0 amide bonds. The van der Waals surface area contributed by atoms with E-state index in [1.165, 1.54) is 0 Å². The van der Waals surface area contributed by atoms with Crippen LogP contribution in [0.1, 0.15) is 24.8 Å². The van der Waals surface area contributed by atoms with Crippen LogP contribution in [0.25, 0.3) is 11.1 Å². The summed E-state index contributed by atoms with van der Waals surface area (Å²) >= 11 is 0. The molecular formula is C13H14NO3. The van der Waals surface area contributed by atoms with Gasteiger partial charge in [-0.25, -0.2) is 4.79 Å². The van der Waals surface area contributed by atoms with Crippen LogP contribution in [0.3, 0.4) is 0 Å². The lowest BCUT2D eigenvalue weighted by Crippen LogP contribution is -2.14. The largest absolute Gasteiger partial charge is 0.419 e. The highest BCUT2D eigenvalue weighted by Gasteiger charge is 2.08. The van der Waals surface area contributed by atoms with E-state index < -0.39 is 0 Å². The van der Waals surface area contributed by atoms with Crippen molar-refractivity contribution >= 4 is 17.4 Å². The topological polar surface area (TPSA) is 52.2 Å². The maximum atomic E-state index is 11.6. The molecule has 0 aliphatic carbocycles. The van der Waals surface area contributed by atoms with Gasteiger partial charge in [0.15, 0.2) is 11.9 Å². The van der Waals surface area contributed by atoms with Crippen molar-refractivity contribution in [1.82, 2.24) is 4.57 Å². The van der Waals surface area contributed by atoms with Crippen LogP contribution < -0.4 is 5.76 Å². The first-order valence-electron chi connectivity index (χ1n) is 5.67. The third-order valence-electron chi connectivity index (χ3n) is 2.73. The molecule has 1 aromatic heterocycles. The summed E-state index contributed by atoms with van der Waals surface area (Å²) in [7, 11) is 0. The van der Waals surface area contributed by atoms with Crippen molar-refractivity contribution < 1.29 is 9.21 Å². The second kappa shape index (κ2) is 4.99. The molecule has 1 heterocycles. The van der Waals surface area contributed by atoms with Gasteiger partial charge >= 0.3 is 5.76 Å². The van der Waals surface area contributed by atoms with Crippen LogP contribution in [0.5, 0.6) is 0 Å². The summed E-state index contributed by atoms with van der Waals surface area (Å²) in [6.45, 7) is 2.56. The number of hydrogen-bond donors (Lipinski definition) is 0. The van der Waals surface area contributed by atoms with E-state index in [0.29, 0.717) is 18.5 Å². The molecule has 1 aromatic carbocycles. The van der Waals surface area contributed by atoms with Gasteiger partial charge < -0.3 is 4.42 Å². The summed E-state index contributed by atoms with van der Waals surface area (Å²) < 4.78 is 6.76. The molecule has 0 saturated heterocycles. The van der Waals surface area contributed by atoms with Gasteiger partial charge in [-0.2, -0.15) is 0 Å². The van der Waals surface area contributed by atoms with Gasteiger partial charge in [0.05, 0.1) is 5.52 Å². The van der Waals surface area contributed by atoms with Gasteiger partial charge in [0.25, 0.3) is 0 Å². The molecular weight excluding hydrogens is 218 g/mol. The van der Waals surface area contributed by atoms with Gasteiger partial charge in [0.2, 0.25) is 0 Å². The Morgan fingerprint density at radius 1 is 1.35 bits per heavy atom. The Morgan fingerprint density at radius 3 is 2.94 bits per heavy atom. The Labute approximate surface area is 98.8 Å². The Kier molecular flexibility index (Phi) is 3.42. The normalized spacial score (nSPS) is 10.9. The summed E-state index contributed by atoms with van der Waals surface area (Å²) in [5, 5.41) is 0. The Morgan fingerprint density at radius 2 is 2.18 bits per heavy atom. The van der Waals surface area contributed by atoms with E-state index in [9.17, 15) is 9.59 Å². The smallest absolute Gasteiger partial charge is 0.408 e. The SMILES string of the molecule is Cc1ccc2oc(=O)n(CCCC[C]=O)c2c1. The van der Waals surface area contributed by atoms with Crippen molar-refractivity contribution in [3.8, 4) is 0 Å². The molecule has 0 bridgehead atoms. The zero-order valence-electron chi connectivity index (χ0n) is 9.73. The highest BCUT2D eigenvalue weighted by atomic mass is 16.4. The number of nitrogens with zero attached hydrogens (tertiary/aromatic N) is 1. The molecule has 2 aromatic rings. The first-order valence-corrected chi connectivity index (χ1v) is 5.67. The average molecular weight is 232 g/mol. The molecule has 0 spiro atoms. The van der Waals surface area contributed by atoms with Crippen molar-refractivity contribution in [2.75, 3.05) is 0 Å². The number of aromatic nitrogens is 1. The lowest BCUT2D eigenvalue weighted by atomic mass is 10.2. The van der Waals surface area contributed by atoms with Crippen molar-refractivity contribution in [2.45, 2.75) is 32.7 Å². The third kappa shape index (κ3) is 2.46. The predicted octanol–water partition coefficient (Wildman–Crippen LogP) is 2.18. The quantitative estimate of drug-likeness (QED) is 0.742. The van der Waals surface area contributed by atoms with Crippen LogP contribution in [-0.4, -0.2) is 10.9 Å². The van der Waals surface area contributed by atoms with Crippen LogP contribution in [0.15, 0.2) is 27.4 Å². The molecule has 1 radical (unpaired) electrons. The minimum Gasteiger partial charge on any atom is -0.408 e. The van der Waals surface area contributed by atoms with Crippen LogP contribution in [-0.2, 0) is 11.3 Å². The Bertz CT molecular complexity index is 580. The van der Waals surface area contributed by atoms with E-state index in [1.807, 2.05) is 31.4 Å². The minimum absolute atomic E-state index is 0.333. The zero-order valence-corrected chi connectivity index (χ0v) is 9.73. The van der Waals surface area contributed by atoms with Gasteiger partial charge in [-0.1, -0.05) is 6.07 Å². The standard InChI is InChI=1S/C13H14NO3/c1-10-5-6-12-11(9-10)14(13(16)17-12)7-3-2-4-8-15/h5-6,9H,2-4,7H2,1H3. The van der Waals surface area contributed by atoms with Crippen molar-refractivity contribution in [3.05, 3.63) is 34.3 Å². The lowest BCUT2D eigenvalue weighted by Gasteiger charge is -2.01. The summed E-state index contributed by atoms with van der Waals surface area (Å²) in [6.07, 6.45) is 3.79. The average Bonchev–Trinajstić information content (AvgIpc) is 2.61. The van der Waals surface area contributed by atoms with Gasteiger partial charge in [-0.05, 0) is 37.5 Å². The molecule has 2 rings (SSSR count). The number of unbranched alkanes of at least 4 members (excludes halogenated alkanes) is 2. The monoisotopic (exact) mass is 232 g/mol. The number of rotatable bonds is 5. The molecule has 0 unspecified atom stereocenters. The first kappa shape index (κ1) is 11.6. The van der Waals surface area contributed by atoms with Gasteiger partial charge in [0.1, 0.15) is 0 Å². The summed E-state index contributed by atoms with van der Waals surface area (Å²) in [4.78, 5) is 21.7. The van der Waals surface area contributed by atoms with Crippen LogP contribution in [0.4, 0.5) is 0 Å². The second-order valence-electron chi connectivity index (χ2n) is 4.09. The van der Waals surface area contributed by atoms with E-state index in [1.54, 1.807) is 4.57 Å². The van der Waals surface area contributed by atoms with E-state index in [0.717, 1.165) is 23.9 Å². The fourth-order valence-electron chi connectivity index (χ4n) is 1.85.